The van der Waals surface area contributed by atoms with Gasteiger partial charge in [-0.05, 0) is 12.1 Å². The van der Waals surface area contributed by atoms with Crippen molar-refractivity contribution in [1.82, 2.24) is 0 Å². The first-order valence-corrected chi connectivity index (χ1v) is 5.26. The fraction of sp³-hybridized carbons (Fsp3) is 0.300. The molecule has 1 aromatic carbocycles. The lowest BCUT2D eigenvalue weighted by molar-refractivity contribution is -0.121. The van der Waals surface area contributed by atoms with E-state index < -0.39 is 18.1 Å². The van der Waals surface area contributed by atoms with Gasteiger partial charge in [-0.15, -0.1) is 0 Å². The Labute approximate surface area is 103 Å². The Morgan fingerprint density at radius 3 is 2.50 bits per heavy atom. The van der Waals surface area contributed by atoms with E-state index in [-0.39, 0.29) is 11.4 Å². The van der Waals surface area contributed by atoms with Crippen LogP contribution in [-0.4, -0.2) is 22.2 Å². The second-order valence-electron chi connectivity index (χ2n) is 3.35. The van der Waals surface area contributed by atoms with Crippen molar-refractivity contribution in [2.45, 2.75) is 18.6 Å². The van der Waals surface area contributed by atoms with E-state index in [1.54, 1.807) is 0 Å². The molecule has 1 rings (SSSR count). The Hall–Kier alpha value is -0.810. The molecule has 0 radical (unpaired) electrons. The highest BCUT2D eigenvalue weighted by Crippen LogP contribution is 2.28. The van der Waals surface area contributed by atoms with Crippen LogP contribution in [0.1, 0.15) is 18.1 Å². The van der Waals surface area contributed by atoms with Crippen molar-refractivity contribution in [1.29, 1.82) is 0 Å². The molecule has 0 aliphatic carbocycles. The summed E-state index contributed by atoms with van der Waals surface area (Å²) in [5.41, 5.74) is 5.21. The summed E-state index contributed by atoms with van der Waals surface area (Å²) < 4.78 is 0. The Bertz CT molecular complexity index is 398. The molecular weight excluding hydrogens is 253 g/mol. The molecule has 0 fully saturated rings. The fourth-order valence-electron chi connectivity index (χ4n) is 1.27. The number of aliphatic hydroxyl groups excluding tert-OH is 2. The Balaban J connectivity index is 2.87. The number of aliphatic hydroxyl groups is 2. The average Bonchev–Trinajstić information content (AvgIpc) is 2.15. The molecule has 6 heteroatoms. The summed E-state index contributed by atoms with van der Waals surface area (Å²) >= 11 is 11.5. The molecule has 0 heterocycles. The number of carbonyl (C=O) groups excluding carboxylic acids is 1. The van der Waals surface area contributed by atoms with E-state index in [4.69, 9.17) is 28.9 Å². The number of carbonyl (C=O) groups is 1. The van der Waals surface area contributed by atoms with E-state index in [0.29, 0.717) is 10.6 Å². The molecule has 4 nitrogen and oxygen atoms in total. The number of nitrogens with two attached hydrogens (primary N) is 1. The van der Waals surface area contributed by atoms with E-state index in [1.807, 2.05) is 0 Å². The van der Waals surface area contributed by atoms with Gasteiger partial charge in [-0.1, -0.05) is 29.3 Å². The third-order valence-corrected chi connectivity index (χ3v) is 2.62. The molecule has 16 heavy (non-hydrogen) atoms. The van der Waals surface area contributed by atoms with E-state index in [9.17, 15) is 15.0 Å². The topological polar surface area (TPSA) is 83.6 Å². The summed E-state index contributed by atoms with van der Waals surface area (Å²) in [7, 11) is 0. The van der Waals surface area contributed by atoms with Crippen LogP contribution in [0.15, 0.2) is 18.2 Å². The normalized spacial score (nSPS) is 14.5. The summed E-state index contributed by atoms with van der Waals surface area (Å²) in [5, 5.41) is 19.9. The number of amides is 1. The van der Waals surface area contributed by atoms with Gasteiger partial charge >= 0.3 is 0 Å². The van der Waals surface area contributed by atoms with Crippen LogP contribution in [0.25, 0.3) is 0 Å². The molecule has 2 unspecified atom stereocenters. The molecule has 0 bridgehead atoms. The van der Waals surface area contributed by atoms with Crippen LogP contribution in [0.3, 0.4) is 0 Å². The van der Waals surface area contributed by atoms with Gasteiger partial charge in [0.15, 0.2) is 0 Å². The van der Waals surface area contributed by atoms with Gasteiger partial charge in [0.05, 0.1) is 12.5 Å². The molecule has 0 saturated carbocycles. The third-order valence-electron chi connectivity index (χ3n) is 2.06. The lowest BCUT2D eigenvalue weighted by atomic mass is 10.0. The van der Waals surface area contributed by atoms with Crippen LogP contribution in [0, 0.1) is 0 Å². The smallest absolute Gasteiger partial charge is 0.220 e. The maximum absolute atomic E-state index is 10.6. The predicted octanol–water partition coefficient (Wildman–Crippen LogP) is 1.26. The summed E-state index contributed by atoms with van der Waals surface area (Å²) in [5.74, 6) is -0.698. The lowest BCUT2D eigenvalue weighted by Crippen LogP contribution is -2.25. The molecule has 0 aromatic heterocycles. The Kier molecular flexibility index (Phi) is 4.56. The highest BCUT2D eigenvalue weighted by atomic mass is 35.5. The van der Waals surface area contributed by atoms with Gasteiger partial charge in [-0.3, -0.25) is 4.79 Å². The largest absolute Gasteiger partial charge is 0.390 e. The molecule has 0 spiro atoms. The first-order chi connectivity index (χ1) is 7.41. The summed E-state index contributed by atoms with van der Waals surface area (Å²) in [4.78, 5) is 10.6. The van der Waals surface area contributed by atoms with Crippen LogP contribution in [-0.2, 0) is 4.79 Å². The summed E-state index contributed by atoms with van der Waals surface area (Å²) in [6.07, 6.45) is -2.88. The van der Waals surface area contributed by atoms with Gasteiger partial charge in [-0.2, -0.15) is 0 Å². The van der Waals surface area contributed by atoms with Gasteiger partial charge in [-0.25, -0.2) is 0 Å². The van der Waals surface area contributed by atoms with E-state index in [0.717, 1.165) is 0 Å². The zero-order chi connectivity index (χ0) is 12.3. The van der Waals surface area contributed by atoms with E-state index >= 15 is 0 Å². The zero-order valence-electron chi connectivity index (χ0n) is 8.23. The first kappa shape index (κ1) is 13.3. The Morgan fingerprint density at radius 2 is 2.00 bits per heavy atom. The number of rotatable bonds is 4. The molecule has 1 amide bonds. The van der Waals surface area contributed by atoms with Crippen molar-refractivity contribution in [3.8, 4) is 0 Å². The third kappa shape index (κ3) is 3.35. The Morgan fingerprint density at radius 1 is 1.38 bits per heavy atom. The van der Waals surface area contributed by atoms with Crippen molar-refractivity contribution in [2.75, 3.05) is 0 Å². The molecule has 88 valence electrons. The van der Waals surface area contributed by atoms with Crippen LogP contribution >= 0.6 is 23.2 Å². The quantitative estimate of drug-likeness (QED) is 0.765. The monoisotopic (exact) mass is 263 g/mol. The van der Waals surface area contributed by atoms with Gasteiger partial charge in [0.2, 0.25) is 5.91 Å². The van der Waals surface area contributed by atoms with Crippen LogP contribution in [0.5, 0.6) is 0 Å². The van der Waals surface area contributed by atoms with Crippen LogP contribution in [0.2, 0.25) is 10.0 Å². The minimum atomic E-state index is -1.28. The SMILES string of the molecule is NC(=O)CC(O)C(O)c1ccc(Cl)cc1Cl. The summed E-state index contributed by atoms with van der Waals surface area (Å²) in [6.45, 7) is 0. The zero-order valence-corrected chi connectivity index (χ0v) is 9.74. The number of halogens is 2. The minimum absolute atomic E-state index is 0.225. The highest BCUT2D eigenvalue weighted by molar-refractivity contribution is 6.35. The van der Waals surface area contributed by atoms with Crippen LogP contribution in [0.4, 0.5) is 0 Å². The maximum atomic E-state index is 10.6. The highest BCUT2D eigenvalue weighted by Gasteiger charge is 2.22. The van der Waals surface area contributed by atoms with E-state index in [1.165, 1.54) is 18.2 Å². The molecule has 0 aliphatic heterocycles. The average molecular weight is 264 g/mol. The number of benzene rings is 1. The second-order valence-corrected chi connectivity index (χ2v) is 4.19. The van der Waals surface area contributed by atoms with Gasteiger partial charge in [0.25, 0.3) is 0 Å². The predicted molar refractivity (Wildman–Crippen MR) is 61.2 cm³/mol. The fourth-order valence-corrected chi connectivity index (χ4v) is 1.79. The lowest BCUT2D eigenvalue weighted by Gasteiger charge is -2.18. The van der Waals surface area contributed by atoms with Crippen LogP contribution < -0.4 is 5.73 Å². The van der Waals surface area contributed by atoms with E-state index in [2.05, 4.69) is 0 Å². The first-order valence-electron chi connectivity index (χ1n) is 4.51. The molecule has 1 aromatic rings. The number of hydrogen-bond acceptors (Lipinski definition) is 3. The van der Waals surface area contributed by atoms with Gasteiger partial charge < -0.3 is 15.9 Å². The standard InChI is InChI=1S/C10H11Cl2NO3/c11-5-1-2-6(7(12)3-5)10(16)8(14)4-9(13)15/h1-3,8,10,14,16H,4H2,(H2,13,15). The second kappa shape index (κ2) is 5.50. The molecular formula is C10H11Cl2NO3. The van der Waals surface area contributed by atoms with Crippen molar-refractivity contribution in [3.05, 3.63) is 33.8 Å². The summed E-state index contributed by atoms with van der Waals surface area (Å²) in [6, 6.07) is 4.46. The van der Waals surface area contributed by atoms with Crippen molar-refractivity contribution < 1.29 is 15.0 Å². The van der Waals surface area contributed by atoms with Crippen molar-refractivity contribution in [2.24, 2.45) is 5.73 Å². The van der Waals surface area contributed by atoms with Crippen molar-refractivity contribution in [3.63, 3.8) is 0 Å². The molecule has 2 atom stereocenters. The number of hydrogen-bond donors (Lipinski definition) is 3. The van der Waals surface area contributed by atoms with Crippen molar-refractivity contribution >= 4 is 29.1 Å². The minimum Gasteiger partial charge on any atom is -0.390 e. The molecule has 0 aliphatic rings. The molecule has 0 saturated heterocycles. The van der Waals surface area contributed by atoms with Gasteiger partial charge in [0, 0.05) is 15.6 Å². The van der Waals surface area contributed by atoms with Gasteiger partial charge in [0.1, 0.15) is 6.10 Å². The molecule has 4 N–H and O–H groups in total. The number of primary amides is 1. The maximum Gasteiger partial charge on any atom is 0.220 e.